The van der Waals surface area contributed by atoms with Crippen molar-refractivity contribution in [3.63, 3.8) is 0 Å². The molecule has 1 heterocycles. The summed E-state index contributed by atoms with van der Waals surface area (Å²) < 4.78 is 11.4. The van der Waals surface area contributed by atoms with E-state index < -0.39 is 5.79 Å². The predicted molar refractivity (Wildman–Crippen MR) is 103 cm³/mol. The molecule has 5 heteroatoms. The van der Waals surface area contributed by atoms with E-state index in [1.54, 1.807) is 0 Å². The van der Waals surface area contributed by atoms with E-state index in [1.165, 1.54) is 11.1 Å². The fourth-order valence-electron chi connectivity index (χ4n) is 2.90. The normalized spacial score (nSPS) is 18.9. The first-order valence-corrected chi connectivity index (χ1v) is 8.90. The van der Waals surface area contributed by atoms with Crippen LogP contribution in [0.2, 0.25) is 0 Å². The summed E-state index contributed by atoms with van der Waals surface area (Å²) in [6.45, 7) is 5.03. The zero-order valence-electron chi connectivity index (χ0n) is 14.6. The lowest BCUT2D eigenvalue weighted by molar-refractivity contribution is -0.137. The molecule has 1 atom stereocenters. The molecule has 0 amide bonds. The van der Waals surface area contributed by atoms with Crippen molar-refractivity contribution in [1.82, 2.24) is 10.6 Å². The lowest BCUT2D eigenvalue weighted by Gasteiger charge is -2.23. The van der Waals surface area contributed by atoms with Gasteiger partial charge in [0.15, 0.2) is 10.9 Å². The lowest BCUT2D eigenvalue weighted by Crippen LogP contribution is -2.42. The Morgan fingerprint density at radius 1 is 1.08 bits per heavy atom. The minimum absolute atomic E-state index is 0.000382. The van der Waals surface area contributed by atoms with Crippen molar-refractivity contribution in [2.45, 2.75) is 31.8 Å². The quantitative estimate of drug-likeness (QED) is 0.804. The highest BCUT2D eigenvalue weighted by Crippen LogP contribution is 2.23. The zero-order valence-corrected chi connectivity index (χ0v) is 15.4. The summed E-state index contributed by atoms with van der Waals surface area (Å²) in [5.74, 6) is -0.516. The standard InChI is InChI=1S/C20H24N2O2S/c1-20(2)23-14-17(24-20)13-21-19(25)22-18(15-9-5-3-6-10-15)16-11-7-4-8-12-16/h3-12,17-18H,13-14H2,1-2H3,(H2,21,22,25). The summed E-state index contributed by atoms with van der Waals surface area (Å²) in [5, 5.41) is 7.27. The fraction of sp³-hybridized carbons (Fsp3) is 0.350. The molecule has 1 fully saturated rings. The molecule has 25 heavy (non-hydrogen) atoms. The molecule has 132 valence electrons. The van der Waals surface area contributed by atoms with Gasteiger partial charge in [-0.1, -0.05) is 60.7 Å². The van der Waals surface area contributed by atoms with E-state index in [2.05, 4.69) is 34.9 Å². The van der Waals surface area contributed by atoms with E-state index in [1.807, 2.05) is 50.2 Å². The maximum atomic E-state index is 5.80. The summed E-state index contributed by atoms with van der Waals surface area (Å²) in [6.07, 6.45) is 0.00153. The van der Waals surface area contributed by atoms with Gasteiger partial charge in [0, 0.05) is 6.54 Å². The topological polar surface area (TPSA) is 42.5 Å². The molecule has 2 N–H and O–H groups in total. The molecule has 0 radical (unpaired) electrons. The molecule has 0 saturated carbocycles. The molecular formula is C20H24N2O2S. The minimum Gasteiger partial charge on any atom is -0.360 e. The van der Waals surface area contributed by atoms with Crippen molar-refractivity contribution in [3.05, 3.63) is 71.8 Å². The van der Waals surface area contributed by atoms with E-state index >= 15 is 0 Å². The van der Waals surface area contributed by atoms with Crippen LogP contribution in [0.5, 0.6) is 0 Å². The third kappa shape index (κ3) is 5.01. The summed E-state index contributed by atoms with van der Waals surface area (Å²) in [5.41, 5.74) is 2.33. The second kappa shape index (κ2) is 7.95. The number of thiocarbonyl (C=S) groups is 1. The van der Waals surface area contributed by atoms with E-state index in [4.69, 9.17) is 21.7 Å². The molecule has 2 aromatic rings. The van der Waals surface area contributed by atoms with Crippen molar-refractivity contribution in [2.75, 3.05) is 13.2 Å². The first-order chi connectivity index (χ1) is 12.0. The highest BCUT2D eigenvalue weighted by atomic mass is 32.1. The summed E-state index contributed by atoms with van der Waals surface area (Å²) >= 11 is 5.50. The van der Waals surface area contributed by atoms with Crippen LogP contribution in [0, 0.1) is 0 Å². The molecule has 2 aromatic carbocycles. The maximum absolute atomic E-state index is 5.80. The SMILES string of the molecule is CC1(C)OCC(CNC(=S)NC(c2ccccc2)c2ccccc2)O1. The molecule has 0 bridgehead atoms. The van der Waals surface area contributed by atoms with Crippen LogP contribution in [0.25, 0.3) is 0 Å². The number of rotatable bonds is 5. The van der Waals surface area contributed by atoms with Crippen LogP contribution in [-0.2, 0) is 9.47 Å². The van der Waals surface area contributed by atoms with Gasteiger partial charge in [0.05, 0.1) is 12.6 Å². The second-order valence-electron chi connectivity index (χ2n) is 6.56. The van der Waals surface area contributed by atoms with E-state index in [9.17, 15) is 0 Å². The Kier molecular flexibility index (Phi) is 5.68. The molecule has 0 aromatic heterocycles. The highest BCUT2D eigenvalue weighted by Gasteiger charge is 2.32. The Hall–Kier alpha value is -1.95. The summed E-state index contributed by atoms with van der Waals surface area (Å²) in [6, 6.07) is 20.6. The molecule has 1 saturated heterocycles. The predicted octanol–water partition coefficient (Wildman–Crippen LogP) is 3.39. The van der Waals surface area contributed by atoms with Gasteiger partial charge in [-0.25, -0.2) is 0 Å². The average Bonchev–Trinajstić information content (AvgIpc) is 2.98. The zero-order chi connectivity index (χ0) is 17.7. The molecule has 1 unspecified atom stereocenters. The average molecular weight is 356 g/mol. The third-order valence-corrected chi connectivity index (χ3v) is 4.36. The monoisotopic (exact) mass is 356 g/mol. The van der Waals surface area contributed by atoms with E-state index in [-0.39, 0.29) is 12.1 Å². The van der Waals surface area contributed by atoms with Gasteiger partial charge in [-0.3, -0.25) is 0 Å². The van der Waals surface area contributed by atoms with Gasteiger partial charge >= 0.3 is 0 Å². The molecular weight excluding hydrogens is 332 g/mol. The van der Waals surface area contributed by atoms with Crippen molar-refractivity contribution in [1.29, 1.82) is 0 Å². The Labute approximate surface area is 154 Å². The van der Waals surface area contributed by atoms with Gasteiger partial charge in [-0.05, 0) is 37.2 Å². The first kappa shape index (κ1) is 17.9. The maximum Gasteiger partial charge on any atom is 0.167 e. The van der Waals surface area contributed by atoms with Gasteiger partial charge in [0.25, 0.3) is 0 Å². The minimum atomic E-state index is -0.516. The lowest BCUT2D eigenvalue weighted by atomic mass is 9.99. The van der Waals surface area contributed by atoms with Gasteiger partial charge < -0.3 is 20.1 Å². The van der Waals surface area contributed by atoms with Crippen molar-refractivity contribution < 1.29 is 9.47 Å². The van der Waals surface area contributed by atoms with Gasteiger partial charge in [0.1, 0.15) is 6.10 Å². The van der Waals surface area contributed by atoms with E-state index in [0.717, 1.165) is 0 Å². The number of hydrogen-bond donors (Lipinski definition) is 2. The van der Waals surface area contributed by atoms with Gasteiger partial charge in [-0.15, -0.1) is 0 Å². The van der Waals surface area contributed by atoms with Gasteiger partial charge in [0.2, 0.25) is 0 Å². The van der Waals surface area contributed by atoms with Crippen molar-refractivity contribution >= 4 is 17.3 Å². The number of benzene rings is 2. The van der Waals surface area contributed by atoms with Crippen LogP contribution in [0.3, 0.4) is 0 Å². The van der Waals surface area contributed by atoms with Crippen LogP contribution in [-0.4, -0.2) is 30.2 Å². The van der Waals surface area contributed by atoms with Crippen LogP contribution < -0.4 is 10.6 Å². The number of hydrogen-bond acceptors (Lipinski definition) is 3. The molecule has 4 nitrogen and oxygen atoms in total. The van der Waals surface area contributed by atoms with Crippen molar-refractivity contribution in [2.24, 2.45) is 0 Å². The molecule has 3 rings (SSSR count). The Morgan fingerprint density at radius 3 is 2.12 bits per heavy atom. The molecule has 1 aliphatic heterocycles. The Morgan fingerprint density at radius 2 is 1.64 bits per heavy atom. The summed E-state index contributed by atoms with van der Waals surface area (Å²) in [7, 11) is 0. The Balaban J connectivity index is 1.63. The van der Waals surface area contributed by atoms with Crippen LogP contribution >= 0.6 is 12.2 Å². The van der Waals surface area contributed by atoms with Gasteiger partial charge in [-0.2, -0.15) is 0 Å². The largest absolute Gasteiger partial charge is 0.360 e. The summed E-state index contributed by atoms with van der Waals surface area (Å²) in [4.78, 5) is 0. The second-order valence-corrected chi connectivity index (χ2v) is 6.97. The van der Waals surface area contributed by atoms with Crippen molar-refractivity contribution in [3.8, 4) is 0 Å². The van der Waals surface area contributed by atoms with Crippen LogP contribution in [0.15, 0.2) is 60.7 Å². The molecule has 0 aliphatic carbocycles. The van der Waals surface area contributed by atoms with Crippen LogP contribution in [0.1, 0.15) is 31.0 Å². The highest BCUT2D eigenvalue weighted by molar-refractivity contribution is 7.80. The first-order valence-electron chi connectivity index (χ1n) is 8.49. The molecule has 1 aliphatic rings. The van der Waals surface area contributed by atoms with E-state index in [0.29, 0.717) is 18.3 Å². The number of nitrogens with one attached hydrogen (secondary N) is 2. The molecule has 0 spiro atoms. The fourth-order valence-corrected chi connectivity index (χ4v) is 3.10. The smallest absolute Gasteiger partial charge is 0.167 e. The van der Waals surface area contributed by atoms with Crippen LogP contribution in [0.4, 0.5) is 0 Å². The number of ether oxygens (including phenoxy) is 2. The Bertz CT molecular complexity index is 652. The third-order valence-electron chi connectivity index (χ3n) is 4.10.